The number of aromatic nitrogens is 2. The average molecular weight is 279 g/mol. The van der Waals surface area contributed by atoms with E-state index in [1.165, 1.54) is 32.1 Å². The van der Waals surface area contributed by atoms with Gasteiger partial charge in [0, 0.05) is 13.0 Å². The molecule has 1 aromatic heterocycles. The highest BCUT2D eigenvalue weighted by molar-refractivity contribution is 5.03. The fraction of sp³-hybridized carbons (Fsp3) is 0.867. The van der Waals surface area contributed by atoms with Crippen LogP contribution >= 0.6 is 0 Å². The minimum Gasteiger partial charge on any atom is -0.367 e. The van der Waals surface area contributed by atoms with Gasteiger partial charge in [-0.1, -0.05) is 24.4 Å². The molecule has 20 heavy (non-hydrogen) atoms. The Morgan fingerprint density at radius 1 is 1.15 bits per heavy atom. The zero-order valence-electron chi connectivity index (χ0n) is 12.4. The van der Waals surface area contributed by atoms with Gasteiger partial charge >= 0.3 is 0 Å². The third-order valence-corrected chi connectivity index (χ3v) is 5.03. The maximum Gasteiger partial charge on any atom is 0.227 e. The number of hydrogen-bond donors (Lipinski definition) is 1. The van der Waals surface area contributed by atoms with Gasteiger partial charge in [-0.05, 0) is 44.6 Å². The normalized spacial score (nSPS) is 29.7. The molecule has 0 radical (unpaired) electrons. The maximum absolute atomic E-state index is 6.03. The molecule has 112 valence electrons. The Bertz CT molecular complexity index is 446. The molecule has 1 aromatic rings. The van der Waals surface area contributed by atoms with E-state index in [0.29, 0.717) is 12.4 Å². The van der Waals surface area contributed by atoms with Crippen LogP contribution in [0.25, 0.3) is 0 Å². The fourth-order valence-electron chi connectivity index (χ4n) is 3.57. The highest BCUT2D eigenvalue weighted by atomic mass is 16.5. The molecular formula is C15H25N3O2. The Hall–Kier alpha value is -0.940. The number of nitrogens with two attached hydrogens (primary N) is 1. The first-order valence-electron chi connectivity index (χ1n) is 7.83. The van der Waals surface area contributed by atoms with Crippen molar-refractivity contribution >= 4 is 0 Å². The summed E-state index contributed by atoms with van der Waals surface area (Å²) in [6.45, 7) is 3.54. The topological polar surface area (TPSA) is 74.2 Å². The molecule has 5 nitrogen and oxygen atoms in total. The molecule has 1 saturated heterocycles. The molecule has 2 heterocycles. The Morgan fingerprint density at radius 2 is 1.95 bits per heavy atom. The maximum atomic E-state index is 6.03. The number of ether oxygens (including phenoxy) is 1. The van der Waals surface area contributed by atoms with E-state index in [0.717, 1.165) is 31.8 Å². The number of rotatable bonds is 4. The summed E-state index contributed by atoms with van der Waals surface area (Å²) in [5.41, 5.74) is 5.84. The molecule has 0 bridgehead atoms. The largest absolute Gasteiger partial charge is 0.367 e. The summed E-state index contributed by atoms with van der Waals surface area (Å²) < 4.78 is 11.2. The molecule has 0 aromatic carbocycles. The second kappa shape index (κ2) is 5.45. The molecule has 0 spiro atoms. The van der Waals surface area contributed by atoms with Crippen LogP contribution in [0, 0.1) is 5.41 Å². The van der Waals surface area contributed by atoms with Crippen LogP contribution in [0.15, 0.2) is 4.52 Å². The highest BCUT2D eigenvalue weighted by Gasteiger charge is 2.38. The first kappa shape index (κ1) is 14.0. The van der Waals surface area contributed by atoms with Crippen LogP contribution in [0.2, 0.25) is 0 Å². The molecule has 2 aliphatic rings. The van der Waals surface area contributed by atoms with E-state index >= 15 is 0 Å². The lowest BCUT2D eigenvalue weighted by Gasteiger charge is -2.34. The lowest BCUT2D eigenvalue weighted by Crippen LogP contribution is -2.35. The molecule has 2 N–H and O–H groups in total. The molecule has 1 saturated carbocycles. The number of nitrogens with zero attached hydrogens (tertiary/aromatic N) is 2. The second-order valence-electron chi connectivity index (χ2n) is 6.64. The van der Waals surface area contributed by atoms with Crippen molar-refractivity contribution in [1.29, 1.82) is 0 Å². The molecule has 1 aliphatic heterocycles. The van der Waals surface area contributed by atoms with E-state index in [9.17, 15) is 0 Å². The van der Waals surface area contributed by atoms with Crippen LogP contribution in [0.1, 0.15) is 63.6 Å². The third kappa shape index (κ3) is 2.61. The monoisotopic (exact) mass is 279 g/mol. The van der Waals surface area contributed by atoms with Crippen molar-refractivity contribution in [3.63, 3.8) is 0 Å². The first-order chi connectivity index (χ1) is 9.66. The minimum absolute atomic E-state index is 0.166. The lowest BCUT2D eigenvalue weighted by molar-refractivity contribution is 0.00768. The van der Waals surface area contributed by atoms with Gasteiger partial charge in [-0.3, -0.25) is 0 Å². The van der Waals surface area contributed by atoms with Gasteiger partial charge in [0.2, 0.25) is 11.7 Å². The van der Waals surface area contributed by atoms with Crippen LogP contribution in [0.3, 0.4) is 0 Å². The zero-order chi connectivity index (χ0) is 14.1. The van der Waals surface area contributed by atoms with E-state index in [2.05, 4.69) is 10.1 Å². The minimum atomic E-state index is -0.357. The summed E-state index contributed by atoms with van der Waals surface area (Å²) in [6, 6.07) is 0. The molecule has 1 atom stereocenters. The van der Waals surface area contributed by atoms with Gasteiger partial charge in [0.1, 0.15) is 5.60 Å². The molecule has 5 heteroatoms. The van der Waals surface area contributed by atoms with Crippen molar-refractivity contribution < 1.29 is 9.26 Å². The van der Waals surface area contributed by atoms with E-state index in [1.807, 2.05) is 6.92 Å². The smallest absolute Gasteiger partial charge is 0.227 e. The Balaban J connectivity index is 1.73. The van der Waals surface area contributed by atoms with Crippen LogP contribution < -0.4 is 5.73 Å². The molecule has 2 fully saturated rings. The van der Waals surface area contributed by atoms with Gasteiger partial charge in [0.05, 0.1) is 0 Å². The van der Waals surface area contributed by atoms with Crippen LogP contribution in [0.4, 0.5) is 0 Å². The van der Waals surface area contributed by atoms with Crippen molar-refractivity contribution in [2.75, 3.05) is 13.2 Å². The first-order valence-corrected chi connectivity index (χ1v) is 7.83. The standard InChI is InChI=1S/C15H25N3O2/c1-14(6-5-9-19-14)13-17-12(20-18-13)10-15(11-16)7-3-2-4-8-15/h2-11,16H2,1H3. The summed E-state index contributed by atoms with van der Waals surface area (Å²) >= 11 is 0. The van der Waals surface area contributed by atoms with Crippen molar-refractivity contribution in [3.8, 4) is 0 Å². The van der Waals surface area contributed by atoms with Gasteiger partial charge in [0.25, 0.3) is 0 Å². The zero-order valence-corrected chi connectivity index (χ0v) is 12.4. The Morgan fingerprint density at radius 3 is 2.60 bits per heavy atom. The second-order valence-corrected chi connectivity index (χ2v) is 6.64. The van der Waals surface area contributed by atoms with Crippen LogP contribution in [0.5, 0.6) is 0 Å². The summed E-state index contributed by atoms with van der Waals surface area (Å²) in [6.07, 6.45) is 9.04. The predicted molar refractivity (Wildman–Crippen MR) is 75.1 cm³/mol. The van der Waals surface area contributed by atoms with Gasteiger partial charge in [-0.15, -0.1) is 0 Å². The van der Waals surface area contributed by atoms with Gasteiger partial charge in [-0.2, -0.15) is 4.98 Å². The summed E-state index contributed by atoms with van der Waals surface area (Å²) in [7, 11) is 0. The third-order valence-electron chi connectivity index (χ3n) is 5.03. The molecule has 3 rings (SSSR count). The summed E-state index contributed by atoms with van der Waals surface area (Å²) in [5, 5.41) is 4.15. The quantitative estimate of drug-likeness (QED) is 0.916. The molecule has 0 amide bonds. The summed E-state index contributed by atoms with van der Waals surface area (Å²) in [5.74, 6) is 1.43. The predicted octanol–water partition coefficient (Wildman–Crippen LogP) is 2.55. The van der Waals surface area contributed by atoms with Gasteiger partial charge < -0.3 is 15.0 Å². The highest BCUT2D eigenvalue weighted by Crippen LogP contribution is 2.39. The fourth-order valence-corrected chi connectivity index (χ4v) is 3.57. The summed E-state index contributed by atoms with van der Waals surface area (Å²) in [4.78, 5) is 4.59. The van der Waals surface area contributed by atoms with Crippen molar-refractivity contribution in [1.82, 2.24) is 10.1 Å². The Labute approximate surface area is 120 Å². The van der Waals surface area contributed by atoms with E-state index in [-0.39, 0.29) is 11.0 Å². The Kier molecular flexibility index (Phi) is 3.82. The lowest BCUT2D eigenvalue weighted by atomic mass is 9.72. The van der Waals surface area contributed by atoms with Crippen molar-refractivity contribution in [2.45, 2.75) is 63.9 Å². The van der Waals surface area contributed by atoms with E-state index < -0.39 is 0 Å². The molecular weight excluding hydrogens is 254 g/mol. The van der Waals surface area contributed by atoms with E-state index in [1.54, 1.807) is 0 Å². The van der Waals surface area contributed by atoms with Crippen LogP contribution in [-0.2, 0) is 16.8 Å². The van der Waals surface area contributed by atoms with E-state index in [4.69, 9.17) is 15.0 Å². The number of hydrogen-bond acceptors (Lipinski definition) is 5. The van der Waals surface area contributed by atoms with Crippen molar-refractivity contribution in [3.05, 3.63) is 11.7 Å². The molecule has 1 unspecified atom stereocenters. The SMILES string of the molecule is CC1(c2noc(CC3(CN)CCCCC3)n2)CCCO1. The molecule has 1 aliphatic carbocycles. The average Bonchev–Trinajstić information content (AvgIpc) is 3.10. The van der Waals surface area contributed by atoms with Gasteiger partial charge in [-0.25, -0.2) is 0 Å². The van der Waals surface area contributed by atoms with Crippen LogP contribution in [-0.4, -0.2) is 23.3 Å². The van der Waals surface area contributed by atoms with Gasteiger partial charge in [0.15, 0.2) is 0 Å². The van der Waals surface area contributed by atoms with Crippen molar-refractivity contribution in [2.24, 2.45) is 11.1 Å².